The molecule has 18 heavy (non-hydrogen) atoms. The Bertz CT molecular complexity index is 496. The molecular weight excluding hydrogens is 247 g/mol. The Morgan fingerprint density at radius 1 is 1.28 bits per heavy atom. The zero-order valence-electron chi connectivity index (χ0n) is 9.25. The molecule has 3 nitrogen and oxygen atoms in total. The van der Waals surface area contributed by atoms with Gasteiger partial charge < -0.3 is 5.32 Å². The fourth-order valence-corrected chi connectivity index (χ4v) is 2.01. The molecule has 0 fully saturated rings. The molecule has 0 radical (unpaired) electrons. The third-order valence-electron chi connectivity index (χ3n) is 2.86. The fraction of sp³-hybridized carbons (Fsp3) is 0.333. The number of alkyl halides is 3. The molecule has 1 atom stereocenters. The van der Waals surface area contributed by atoms with Gasteiger partial charge in [0.2, 0.25) is 0 Å². The quantitative estimate of drug-likeness (QED) is 0.839. The number of fused-ring (bicyclic) bond motifs is 1. The average Bonchev–Trinajstić information content (AvgIpc) is 2.32. The van der Waals surface area contributed by atoms with Crippen LogP contribution in [0.3, 0.4) is 0 Å². The third-order valence-corrected chi connectivity index (χ3v) is 2.86. The summed E-state index contributed by atoms with van der Waals surface area (Å²) in [5.41, 5.74) is 0.836. The van der Waals surface area contributed by atoms with Gasteiger partial charge in [0.05, 0.1) is 6.04 Å². The third kappa shape index (κ3) is 2.37. The number of amides is 1. The maximum Gasteiger partial charge on any atom is 0.471 e. The minimum atomic E-state index is -4.91. The highest BCUT2D eigenvalue weighted by molar-refractivity contribution is 5.99. The molecule has 1 aromatic carbocycles. The van der Waals surface area contributed by atoms with E-state index in [2.05, 4.69) is 0 Å². The lowest BCUT2D eigenvalue weighted by Crippen LogP contribution is -2.40. The molecular formula is C12H10F3NO2. The minimum Gasteiger partial charge on any atom is -0.341 e. The van der Waals surface area contributed by atoms with Crippen LogP contribution in [0.15, 0.2) is 24.3 Å². The Balaban J connectivity index is 2.25. The summed E-state index contributed by atoms with van der Waals surface area (Å²) in [5.74, 6) is -2.08. The van der Waals surface area contributed by atoms with Crippen molar-refractivity contribution < 1.29 is 22.8 Å². The number of nitrogens with one attached hydrogen (secondary N) is 1. The standard InChI is InChI=1S/C12H10F3NO2/c13-12(14,15)11(18)16-9-5-6-10(17)8-4-2-1-3-7(8)9/h1-4,9H,5-6H2,(H,16,18). The number of hydrogen-bond donors (Lipinski definition) is 1. The normalized spacial score (nSPS) is 19.3. The van der Waals surface area contributed by atoms with Crippen LogP contribution in [0, 0.1) is 0 Å². The van der Waals surface area contributed by atoms with Crippen LogP contribution in [-0.4, -0.2) is 17.9 Å². The van der Waals surface area contributed by atoms with Crippen molar-refractivity contribution in [3.8, 4) is 0 Å². The molecule has 1 aliphatic carbocycles. The van der Waals surface area contributed by atoms with E-state index in [0.29, 0.717) is 11.1 Å². The van der Waals surface area contributed by atoms with Crippen LogP contribution in [0.2, 0.25) is 0 Å². The largest absolute Gasteiger partial charge is 0.471 e. The monoisotopic (exact) mass is 257 g/mol. The topological polar surface area (TPSA) is 46.2 Å². The number of halogens is 3. The number of ketones is 1. The maximum atomic E-state index is 12.2. The summed E-state index contributed by atoms with van der Waals surface area (Å²) in [5, 5.41) is 1.92. The Morgan fingerprint density at radius 2 is 1.94 bits per heavy atom. The molecule has 0 heterocycles. The van der Waals surface area contributed by atoms with Gasteiger partial charge in [-0.15, -0.1) is 0 Å². The summed E-state index contributed by atoms with van der Waals surface area (Å²) in [7, 11) is 0. The second-order valence-electron chi connectivity index (χ2n) is 4.07. The van der Waals surface area contributed by atoms with E-state index in [4.69, 9.17) is 0 Å². The van der Waals surface area contributed by atoms with E-state index in [1.54, 1.807) is 24.3 Å². The van der Waals surface area contributed by atoms with E-state index in [1.165, 1.54) is 0 Å². The van der Waals surface area contributed by atoms with E-state index >= 15 is 0 Å². The van der Waals surface area contributed by atoms with Crippen molar-refractivity contribution in [2.75, 3.05) is 0 Å². The highest BCUT2D eigenvalue weighted by Crippen LogP contribution is 2.30. The van der Waals surface area contributed by atoms with Gasteiger partial charge >= 0.3 is 12.1 Å². The van der Waals surface area contributed by atoms with Crippen LogP contribution in [0.25, 0.3) is 0 Å². The van der Waals surface area contributed by atoms with Crippen LogP contribution >= 0.6 is 0 Å². The van der Waals surface area contributed by atoms with E-state index < -0.39 is 18.1 Å². The van der Waals surface area contributed by atoms with Crippen molar-refractivity contribution in [1.29, 1.82) is 0 Å². The SMILES string of the molecule is O=C1CCC(NC(=O)C(F)(F)F)c2ccccc21. The predicted octanol–water partition coefficient (Wildman–Crippen LogP) is 2.38. The van der Waals surface area contributed by atoms with Crippen molar-refractivity contribution in [1.82, 2.24) is 5.32 Å². The maximum absolute atomic E-state index is 12.2. The first-order chi connectivity index (χ1) is 8.39. The highest BCUT2D eigenvalue weighted by Gasteiger charge is 2.40. The van der Waals surface area contributed by atoms with Gasteiger partial charge in [-0.25, -0.2) is 0 Å². The van der Waals surface area contributed by atoms with Gasteiger partial charge in [0, 0.05) is 12.0 Å². The van der Waals surface area contributed by atoms with E-state index in [9.17, 15) is 22.8 Å². The Morgan fingerprint density at radius 3 is 2.61 bits per heavy atom. The second-order valence-corrected chi connectivity index (χ2v) is 4.07. The summed E-state index contributed by atoms with van der Waals surface area (Å²) in [4.78, 5) is 22.5. The van der Waals surface area contributed by atoms with Crippen molar-refractivity contribution in [3.05, 3.63) is 35.4 Å². The lowest BCUT2D eigenvalue weighted by molar-refractivity contribution is -0.174. The molecule has 1 amide bonds. The molecule has 96 valence electrons. The smallest absolute Gasteiger partial charge is 0.341 e. The van der Waals surface area contributed by atoms with E-state index in [1.807, 2.05) is 5.32 Å². The first kappa shape index (κ1) is 12.6. The van der Waals surface area contributed by atoms with E-state index in [0.717, 1.165) is 0 Å². The molecule has 0 saturated carbocycles. The van der Waals surface area contributed by atoms with Crippen molar-refractivity contribution in [2.24, 2.45) is 0 Å². The molecule has 1 aromatic rings. The second kappa shape index (κ2) is 4.44. The predicted molar refractivity (Wildman–Crippen MR) is 56.9 cm³/mol. The van der Waals surface area contributed by atoms with Crippen LogP contribution < -0.4 is 5.32 Å². The lowest BCUT2D eigenvalue weighted by atomic mass is 9.87. The Hall–Kier alpha value is -1.85. The molecule has 0 saturated heterocycles. The zero-order valence-corrected chi connectivity index (χ0v) is 9.25. The van der Waals surface area contributed by atoms with Gasteiger partial charge in [0.25, 0.3) is 0 Å². The summed E-state index contributed by atoms with van der Waals surface area (Å²) < 4.78 is 36.5. The first-order valence-corrected chi connectivity index (χ1v) is 5.39. The molecule has 1 N–H and O–H groups in total. The number of benzene rings is 1. The molecule has 6 heteroatoms. The molecule has 0 aliphatic heterocycles. The van der Waals surface area contributed by atoms with Gasteiger partial charge in [0.1, 0.15) is 0 Å². The number of rotatable bonds is 1. The van der Waals surface area contributed by atoms with Crippen molar-refractivity contribution >= 4 is 11.7 Å². The molecule has 0 bridgehead atoms. The van der Waals surface area contributed by atoms with Crippen molar-refractivity contribution in [3.63, 3.8) is 0 Å². The molecule has 1 unspecified atom stereocenters. The summed E-state index contributed by atoms with van der Waals surface area (Å²) in [6, 6.07) is 5.64. The number of Topliss-reactive ketones (excluding diaryl/α,β-unsaturated/α-hetero) is 1. The molecule has 0 aromatic heterocycles. The molecule has 1 aliphatic rings. The molecule has 0 spiro atoms. The van der Waals surface area contributed by atoms with Gasteiger partial charge in [-0.3, -0.25) is 9.59 Å². The molecule has 2 rings (SSSR count). The summed E-state index contributed by atoms with van der Waals surface area (Å²) in [6.07, 6.45) is -4.58. The fourth-order valence-electron chi connectivity index (χ4n) is 2.01. The van der Waals surface area contributed by atoms with Gasteiger partial charge in [-0.2, -0.15) is 13.2 Å². The number of hydrogen-bond acceptors (Lipinski definition) is 2. The number of carbonyl (C=O) groups excluding carboxylic acids is 2. The summed E-state index contributed by atoms with van der Waals surface area (Å²) >= 11 is 0. The highest BCUT2D eigenvalue weighted by atomic mass is 19.4. The Kier molecular flexibility index (Phi) is 3.11. The van der Waals surface area contributed by atoms with Gasteiger partial charge in [0.15, 0.2) is 5.78 Å². The Labute approximate surface area is 101 Å². The van der Waals surface area contributed by atoms with Gasteiger partial charge in [-0.1, -0.05) is 24.3 Å². The van der Waals surface area contributed by atoms with Crippen LogP contribution in [0.1, 0.15) is 34.8 Å². The number of carbonyl (C=O) groups is 2. The van der Waals surface area contributed by atoms with Crippen LogP contribution in [-0.2, 0) is 4.79 Å². The lowest BCUT2D eigenvalue weighted by Gasteiger charge is -2.25. The minimum absolute atomic E-state index is 0.108. The van der Waals surface area contributed by atoms with E-state index in [-0.39, 0.29) is 18.6 Å². The van der Waals surface area contributed by atoms with Crippen LogP contribution in [0.4, 0.5) is 13.2 Å². The van der Waals surface area contributed by atoms with Gasteiger partial charge in [-0.05, 0) is 12.0 Å². The van der Waals surface area contributed by atoms with Crippen LogP contribution in [0.5, 0.6) is 0 Å². The zero-order chi connectivity index (χ0) is 13.3. The average molecular weight is 257 g/mol. The first-order valence-electron chi connectivity index (χ1n) is 5.39. The summed E-state index contributed by atoms with van der Waals surface area (Å²) in [6.45, 7) is 0. The van der Waals surface area contributed by atoms with Crippen molar-refractivity contribution in [2.45, 2.75) is 25.1 Å².